The van der Waals surface area contributed by atoms with Crippen molar-refractivity contribution in [3.05, 3.63) is 133 Å². The molecule has 10 heteroatoms. The highest BCUT2D eigenvalue weighted by Crippen LogP contribution is 2.43. The number of para-hydroxylation sites is 1. The van der Waals surface area contributed by atoms with Crippen LogP contribution in [0.2, 0.25) is 0 Å². The van der Waals surface area contributed by atoms with E-state index in [2.05, 4.69) is 66.7 Å². The van der Waals surface area contributed by atoms with Gasteiger partial charge in [-0.1, -0.05) is 120 Å². The maximum atomic E-state index is 6.63. The van der Waals surface area contributed by atoms with E-state index in [1.165, 1.54) is 20.2 Å². The molecule has 55 heavy (non-hydrogen) atoms. The van der Waals surface area contributed by atoms with Gasteiger partial charge in [-0.3, -0.25) is 0 Å². The first-order valence-electron chi connectivity index (χ1n) is 17.6. The molecule has 0 saturated heterocycles. The summed E-state index contributed by atoms with van der Waals surface area (Å²) in [6.45, 7) is 0. The minimum Gasteiger partial charge on any atom is -0.455 e. The lowest BCUT2D eigenvalue weighted by Gasteiger charge is -2.21. The van der Waals surface area contributed by atoms with Gasteiger partial charge in [0.2, 0.25) is 0 Å². The van der Waals surface area contributed by atoms with Crippen molar-refractivity contribution in [2.75, 3.05) is 0 Å². The molecule has 10 radical (unpaired) electrons. The zero-order chi connectivity index (χ0) is 37.4. The first kappa shape index (κ1) is 33.5. The maximum Gasteiger partial charge on any atom is 0.164 e. The van der Waals surface area contributed by atoms with E-state index in [-0.39, 0.29) is 27.3 Å². The summed E-state index contributed by atoms with van der Waals surface area (Å²) in [5.74, 6) is 1.58. The van der Waals surface area contributed by atoms with E-state index in [1.54, 1.807) is 0 Å². The molecule has 10 rings (SSSR count). The number of thiophene rings is 1. The normalized spacial score (nSPS) is 11.6. The third-order valence-corrected chi connectivity index (χ3v) is 11.5. The predicted octanol–water partition coefficient (Wildman–Crippen LogP) is 6.44. The highest BCUT2D eigenvalue weighted by Gasteiger charge is 2.19. The SMILES string of the molecule is [B]c1c([B])c([B])c(-c2ccc(-c3nc(-c4ccccc4)nc(-c4ccc5oc6c(-c7cccc8c7sc7ccccc78)cccc6c5c4)n3)cc2)c([B])c1[B]. The standard InChI is InChI=1S/C45H22B5N3OS/c46-36-35(37(47)39(49)40(50)38(36)48)23-16-18-25(19-17-23)44-51-43(24-8-2-1-3-9-24)52-45(53-44)26-20-21-33-32(22-26)29-12-6-11-28(41(29)54-33)31-14-7-13-30-27-10-4-5-15-34(27)55-42(30)31/h1-22H. The number of aromatic nitrogens is 3. The number of nitrogens with zero attached hydrogens (tertiary/aromatic N) is 3. The maximum absolute atomic E-state index is 6.63. The second-order valence-electron chi connectivity index (χ2n) is 13.5. The Hall–Kier alpha value is -6.11. The van der Waals surface area contributed by atoms with E-state index in [0.29, 0.717) is 23.0 Å². The van der Waals surface area contributed by atoms with Crippen LogP contribution in [0.15, 0.2) is 138 Å². The summed E-state index contributed by atoms with van der Waals surface area (Å²) in [6.07, 6.45) is 0. The van der Waals surface area contributed by atoms with Crippen molar-refractivity contribution < 1.29 is 4.42 Å². The molecule has 0 amide bonds. The Labute approximate surface area is 327 Å². The fourth-order valence-electron chi connectivity index (χ4n) is 7.41. The van der Waals surface area contributed by atoms with E-state index in [0.717, 1.165) is 55.3 Å². The zero-order valence-electron chi connectivity index (χ0n) is 29.2. The Balaban J connectivity index is 1.10. The van der Waals surface area contributed by atoms with Gasteiger partial charge in [0, 0.05) is 58.8 Å². The van der Waals surface area contributed by atoms with E-state index in [4.69, 9.17) is 58.6 Å². The molecule has 0 aliphatic heterocycles. The number of furan rings is 1. The number of benzene rings is 7. The molecule has 7 aromatic carbocycles. The van der Waals surface area contributed by atoms with Crippen LogP contribution in [0.4, 0.5) is 0 Å². The molecular formula is C45H22B5N3OS. The fraction of sp³-hybridized carbons (Fsp3) is 0. The van der Waals surface area contributed by atoms with E-state index in [1.807, 2.05) is 78.1 Å². The molecule has 0 spiro atoms. The predicted molar refractivity (Wildman–Crippen MR) is 234 cm³/mol. The van der Waals surface area contributed by atoms with Gasteiger partial charge in [0.25, 0.3) is 0 Å². The van der Waals surface area contributed by atoms with Gasteiger partial charge in [-0.25, -0.2) is 15.0 Å². The Morgan fingerprint density at radius 3 is 1.69 bits per heavy atom. The fourth-order valence-corrected chi connectivity index (χ4v) is 8.64. The highest BCUT2D eigenvalue weighted by atomic mass is 32.1. The second kappa shape index (κ2) is 13.0. The average Bonchev–Trinajstić information content (AvgIpc) is 3.81. The molecule has 0 atom stereocenters. The van der Waals surface area contributed by atoms with Crippen molar-refractivity contribution in [1.82, 2.24) is 15.0 Å². The van der Waals surface area contributed by atoms with Crippen LogP contribution < -0.4 is 27.3 Å². The summed E-state index contributed by atoms with van der Waals surface area (Å²) < 4.78 is 9.14. The van der Waals surface area contributed by atoms with Crippen LogP contribution in [0.5, 0.6) is 0 Å². The molecule has 10 aromatic rings. The van der Waals surface area contributed by atoms with Crippen LogP contribution >= 0.6 is 11.3 Å². The molecular weight excluding hydrogens is 685 g/mol. The summed E-state index contributed by atoms with van der Waals surface area (Å²) in [7, 11) is 31.1. The van der Waals surface area contributed by atoms with Gasteiger partial charge in [0.15, 0.2) is 17.5 Å². The van der Waals surface area contributed by atoms with Crippen molar-refractivity contribution in [3.63, 3.8) is 0 Å². The quantitative estimate of drug-likeness (QED) is 0.194. The van der Waals surface area contributed by atoms with Crippen LogP contribution in [-0.4, -0.2) is 54.2 Å². The Morgan fingerprint density at radius 2 is 0.964 bits per heavy atom. The zero-order valence-corrected chi connectivity index (χ0v) is 30.1. The van der Waals surface area contributed by atoms with Gasteiger partial charge < -0.3 is 4.42 Å². The smallest absolute Gasteiger partial charge is 0.164 e. The van der Waals surface area contributed by atoms with Crippen LogP contribution in [-0.2, 0) is 0 Å². The summed E-state index contributed by atoms with van der Waals surface area (Å²) in [6, 6.07) is 45.0. The number of fused-ring (bicyclic) bond motifs is 6. The summed E-state index contributed by atoms with van der Waals surface area (Å²) in [5, 5.41) is 4.50. The molecule has 0 aliphatic rings. The lowest BCUT2D eigenvalue weighted by molar-refractivity contribution is 0.670. The Kier molecular flexibility index (Phi) is 7.93. The molecule has 244 valence electrons. The second-order valence-corrected chi connectivity index (χ2v) is 14.5. The van der Waals surface area contributed by atoms with Gasteiger partial charge in [0.05, 0.1) is 0 Å². The van der Waals surface area contributed by atoms with Crippen molar-refractivity contribution >= 4 is 120 Å². The Bertz CT molecular complexity index is 3130. The van der Waals surface area contributed by atoms with Gasteiger partial charge in [-0.05, 0) is 35.4 Å². The Morgan fingerprint density at radius 1 is 0.418 bits per heavy atom. The largest absolute Gasteiger partial charge is 0.455 e. The number of hydrogen-bond acceptors (Lipinski definition) is 5. The summed E-state index contributed by atoms with van der Waals surface area (Å²) in [5.41, 5.74) is 8.69. The van der Waals surface area contributed by atoms with Crippen molar-refractivity contribution in [2.45, 2.75) is 0 Å². The van der Waals surface area contributed by atoms with Gasteiger partial charge >= 0.3 is 0 Å². The van der Waals surface area contributed by atoms with Crippen molar-refractivity contribution in [1.29, 1.82) is 0 Å². The minimum absolute atomic E-state index is 0.174. The monoisotopic (exact) mass is 707 g/mol. The first-order chi connectivity index (χ1) is 26.8. The van der Waals surface area contributed by atoms with E-state index in [9.17, 15) is 0 Å². The molecule has 0 saturated carbocycles. The molecule has 4 nitrogen and oxygen atoms in total. The average molecular weight is 707 g/mol. The molecule has 0 bridgehead atoms. The van der Waals surface area contributed by atoms with Crippen LogP contribution in [0.3, 0.4) is 0 Å². The molecule has 0 N–H and O–H groups in total. The third kappa shape index (κ3) is 5.46. The molecule has 0 aliphatic carbocycles. The van der Waals surface area contributed by atoms with Gasteiger partial charge in [-0.2, -0.15) is 0 Å². The van der Waals surface area contributed by atoms with Crippen molar-refractivity contribution in [2.24, 2.45) is 0 Å². The van der Waals surface area contributed by atoms with E-state index >= 15 is 0 Å². The van der Waals surface area contributed by atoms with Crippen LogP contribution in [0.25, 0.3) is 98.5 Å². The van der Waals surface area contributed by atoms with Crippen LogP contribution in [0, 0.1) is 0 Å². The topological polar surface area (TPSA) is 51.8 Å². The number of rotatable bonds is 5. The molecule has 3 aromatic heterocycles. The van der Waals surface area contributed by atoms with Crippen molar-refractivity contribution in [3.8, 4) is 56.4 Å². The number of hydrogen-bond donors (Lipinski definition) is 0. The van der Waals surface area contributed by atoms with Crippen LogP contribution in [0.1, 0.15) is 0 Å². The molecule has 0 fully saturated rings. The minimum atomic E-state index is 0.174. The summed E-state index contributed by atoms with van der Waals surface area (Å²) >= 11 is 1.81. The third-order valence-electron chi connectivity index (χ3n) is 10.2. The van der Waals surface area contributed by atoms with Gasteiger partial charge in [0.1, 0.15) is 50.4 Å². The lowest BCUT2D eigenvalue weighted by Crippen LogP contribution is -2.55. The highest BCUT2D eigenvalue weighted by molar-refractivity contribution is 7.26. The lowest BCUT2D eigenvalue weighted by atomic mass is 9.59. The molecule has 0 unspecified atom stereocenters. The van der Waals surface area contributed by atoms with E-state index < -0.39 is 0 Å². The summed E-state index contributed by atoms with van der Waals surface area (Å²) in [4.78, 5) is 14.9. The van der Waals surface area contributed by atoms with Gasteiger partial charge in [-0.15, -0.1) is 27.7 Å². The first-order valence-corrected chi connectivity index (χ1v) is 18.5. The molecule has 3 heterocycles.